The molecule has 10 heteroatoms. The lowest BCUT2D eigenvalue weighted by atomic mass is 10.0. The summed E-state index contributed by atoms with van der Waals surface area (Å²) in [5.74, 6) is 1.24. The molecule has 0 bridgehead atoms. The van der Waals surface area contributed by atoms with Crippen molar-refractivity contribution in [2.75, 3.05) is 47.5 Å². The van der Waals surface area contributed by atoms with Gasteiger partial charge in [-0.25, -0.2) is 4.99 Å². The van der Waals surface area contributed by atoms with Crippen LogP contribution in [0, 0.1) is 5.41 Å². The third kappa shape index (κ3) is 5.81. The molecule has 1 aromatic carbocycles. The van der Waals surface area contributed by atoms with Crippen molar-refractivity contribution in [1.29, 1.82) is 5.41 Å². The third-order valence-electron chi connectivity index (χ3n) is 5.82. The highest BCUT2D eigenvalue weighted by Crippen LogP contribution is 2.44. The molecule has 2 aliphatic rings. The molecule has 1 saturated heterocycles. The molecule has 0 amide bonds. The first-order valence-corrected chi connectivity index (χ1v) is 11.6. The lowest BCUT2D eigenvalue weighted by Gasteiger charge is -2.21. The van der Waals surface area contributed by atoms with Crippen molar-refractivity contribution in [3.05, 3.63) is 39.5 Å². The number of unbranched alkanes of at least 4 members (excludes halogenated alkanes) is 1. The van der Waals surface area contributed by atoms with E-state index in [1.54, 1.807) is 19.3 Å². The first-order valence-electron chi connectivity index (χ1n) is 10.8. The van der Waals surface area contributed by atoms with Crippen LogP contribution in [0.2, 0.25) is 10.0 Å². The van der Waals surface area contributed by atoms with Crippen LogP contribution in [0.1, 0.15) is 24.8 Å². The topological polar surface area (TPSA) is 105 Å². The summed E-state index contributed by atoms with van der Waals surface area (Å²) in [5, 5.41) is 12.3. The van der Waals surface area contributed by atoms with E-state index in [1.807, 2.05) is 0 Å². The van der Waals surface area contributed by atoms with E-state index in [0.717, 1.165) is 38.9 Å². The molecule has 2 aliphatic heterocycles. The van der Waals surface area contributed by atoms with Gasteiger partial charge >= 0.3 is 0 Å². The average Bonchev–Trinajstić information content (AvgIpc) is 3.28. The molecule has 3 rings (SSSR count). The monoisotopic (exact) mass is 495 g/mol. The van der Waals surface area contributed by atoms with E-state index >= 15 is 0 Å². The number of benzene rings is 1. The molecule has 8 nitrogen and oxygen atoms in total. The predicted octanol–water partition coefficient (Wildman–Crippen LogP) is 3.72. The van der Waals surface area contributed by atoms with Gasteiger partial charge in [0, 0.05) is 50.1 Å². The maximum Gasteiger partial charge on any atom is 0.152 e. The lowest BCUT2D eigenvalue weighted by molar-refractivity contribution is 0.108. The number of allylic oxidation sites excluding steroid dienone is 1. The quantitative estimate of drug-likeness (QED) is 0.450. The Balaban J connectivity index is 1.73. The van der Waals surface area contributed by atoms with Crippen molar-refractivity contribution in [3.8, 4) is 11.5 Å². The van der Waals surface area contributed by atoms with Crippen LogP contribution in [0.15, 0.2) is 28.9 Å². The van der Waals surface area contributed by atoms with E-state index < -0.39 is 0 Å². The maximum absolute atomic E-state index is 8.46. The summed E-state index contributed by atoms with van der Waals surface area (Å²) in [7, 11) is 4.80. The Kier molecular flexibility index (Phi) is 9.02. The number of amidine groups is 1. The minimum atomic E-state index is 0.214. The smallest absolute Gasteiger partial charge is 0.152 e. The Morgan fingerprint density at radius 3 is 2.48 bits per heavy atom. The molecule has 1 aromatic rings. The highest BCUT2D eigenvalue weighted by atomic mass is 35.5. The molecule has 2 heterocycles. The van der Waals surface area contributed by atoms with Crippen LogP contribution in [-0.4, -0.2) is 70.1 Å². The summed E-state index contributed by atoms with van der Waals surface area (Å²) < 4.78 is 16.2. The minimum Gasteiger partial charge on any atom is -0.495 e. The Hall–Kier alpha value is -2.26. The Morgan fingerprint density at radius 2 is 1.91 bits per heavy atom. The highest BCUT2D eigenvalue weighted by molar-refractivity contribution is 6.49. The number of hydrogen-bond donors (Lipinski definition) is 3. The fraction of sp³-hybridized carbons (Fsp3) is 0.478. The molecular weight excluding hydrogens is 465 g/mol. The molecule has 0 spiro atoms. The van der Waals surface area contributed by atoms with Crippen LogP contribution in [-0.2, 0) is 4.74 Å². The number of halogens is 2. The Morgan fingerprint density at radius 1 is 1.21 bits per heavy atom. The van der Waals surface area contributed by atoms with Crippen LogP contribution < -0.4 is 20.5 Å². The first kappa shape index (κ1) is 25.4. The molecule has 4 N–H and O–H groups in total. The van der Waals surface area contributed by atoms with E-state index in [4.69, 9.17) is 48.6 Å². The molecule has 1 atom stereocenters. The summed E-state index contributed by atoms with van der Waals surface area (Å²) in [4.78, 5) is 7.06. The second kappa shape index (κ2) is 11.7. The molecule has 0 aromatic heterocycles. The number of rotatable bonds is 9. The lowest BCUT2D eigenvalue weighted by Crippen LogP contribution is -2.34. The number of aliphatic imine (C=N–C) groups is 1. The molecule has 33 heavy (non-hydrogen) atoms. The van der Waals surface area contributed by atoms with E-state index in [-0.39, 0.29) is 5.71 Å². The van der Waals surface area contributed by atoms with Crippen LogP contribution in [0.4, 0.5) is 0 Å². The van der Waals surface area contributed by atoms with Crippen molar-refractivity contribution in [1.82, 2.24) is 10.2 Å². The number of nitrogens with two attached hydrogens (primary N) is 1. The zero-order valence-corrected chi connectivity index (χ0v) is 20.7. The number of nitrogens with one attached hydrogen (secondary N) is 2. The van der Waals surface area contributed by atoms with Gasteiger partial charge in [0.05, 0.1) is 36.1 Å². The highest BCUT2D eigenvalue weighted by Gasteiger charge is 2.25. The van der Waals surface area contributed by atoms with E-state index in [9.17, 15) is 0 Å². The van der Waals surface area contributed by atoms with Gasteiger partial charge in [0.25, 0.3) is 0 Å². The van der Waals surface area contributed by atoms with Gasteiger partial charge in [0.2, 0.25) is 0 Å². The number of ether oxygens (including phenoxy) is 3. The molecule has 0 saturated carbocycles. The van der Waals surface area contributed by atoms with Crippen LogP contribution >= 0.6 is 23.2 Å². The Bertz CT molecular complexity index is 949. The van der Waals surface area contributed by atoms with Gasteiger partial charge in [-0.1, -0.05) is 23.2 Å². The minimum absolute atomic E-state index is 0.214. The van der Waals surface area contributed by atoms with E-state index in [0.29, 0.717) is 56.9 Å². The van der Waals surface area contributed by atoms with Gasteiger partial charge in [-0.15, -0.1) is 0 Å². The molecule has 180 valence electrons. The average molecular weight is 496 g/mol. The zero-order valence-electron chi connectivity index (χ0n) is 19.2. The van der Waals surface area contributed by atoms with Crippen molar-refractivity contribution < 1.29 is 14.2 Å². The molecule has 1 unspecified atom stereocenters. The SMILES string of the molecule is COc1cc(OC)c(Cl)c(C2=C/C(=C/N)C(=N)C(NCCCCN3CCC(OC)C3)=N2)c1Cl. The number of methoxy groups -OCH3 is 3. The van der Waals surface area contributed by atoms with Crippen molar-refractivity contribution in [2.24, 2.45) is 10.7 Å². The predicted molar refractivity (Wildman–Crippen MR) is 134 cm³/mol. The first-order chi connectivity index (χ1) is 15.9. The van der Waals surface area contributed by atoms with E-state index in [2.05, 4.69) is 15.2 Å². The normalized spacial score (nSPS) is 20.1. The summed E-state index contributed by atoms with van der Waals surface area (Å²) in [6, 6.07) is 1.62. The van der Waals surface area contributed by atoms with Gasteiger partial charge in [0.1, 0.15) is 17.2 Å². The largest absolute Gasteiger partial charge is 0.495 e. The van der Waals surface area contributed by atoms with Gasteiger partial charge in [-0.3, -0.25) is 5.41 Å². The summed E-state index contributed by atoms with van der Waals surface area (Å²) in [6.45, 7) is 3.77. The standard InChI is InChI=1S/C23H31Cl2N5O3/c1-31-15-6-9-30(13-15)8-5-4-7-28-23-22(27)14(12-26)10-16(29-23)19-20(24)17(32-2)11-18(33-3)21(19)25/h10-12,15,27H,4-9,13,26H2,1-3H3,(H,28,29)/b14-12-,27-22?. The van der Waals surface area contributed by atoms with Crippen LogP contribution in [0.3, 0.4) is 0 Å². The fourth-order valence-electron chi connectivity index (χ4n) is 3.92. The number of nitrogens with zero attached hydrogens (tertiary/aromatic N) is 2. The van der Waals surface area contributed by atoms with Crippen LogP contribution in [0.5, 0.6) is 11.5 Å². The molecule has 0 radical (unpaired) electrons. The fourth-order valence-corrected chi connectivity index (χ4v) is 4.62. The second-order valence-electron chi connectivity index (χ2n) is 7.85. The van der Waals surface area contributed by atoms with Gasteiger partial charge in [-0.05, 0) is 31.9 Å². The van der Waals surface area contributed by atoms with Gasteiger partial charge in [-0.2, -0.15) is 0 Å². The van der Waals surface area contributed by atoms with Gasteiger partial charge < -0.3 is 30.2 Å². The van der Waals surface area contributed by atoms with Crippen molar-refractivity contribution >= 4 is 40.4 Å². The summed E-state index contributed by atoms with van der Waals surface area (Å²) in [5.41, 5.74) is 7.45. The third-order valence-corrected chi connectivity index (χ3v) is 6.57. The molecular formula is C23H31Cl2N5O3. The van der Waals surface area contributed by atoms with Crippen LogP contribution in [0.25, 0.3) is 5.70 Å². The summed E-state index contributed by atoms with van der Waals surface area (Å²) in [6.07, 6.45) is 6.47. The van der Waals surface area contributed by atoms with Crippen molar-refractivity contribution in [2.45, 2.75) is 25.4 Å². The summed E-state index contributed by atoms with van der Waals surface area (Å²) >= 11 is 13.1. The van der Waals surface area contributed by atoms with Gasteiger partial charge in [0.15, 0.2) is 5.84 Å². The molecule has 1 fully saturated rings. The zero-order chi connectivity index (χ0) is 24.0. The maximum atomic E-state index is 8.46. The second-order valence-corrected chi connectivity index (χ2v) is 8.61. The van der Waals surface area contributed by atoms with Crippen molar-refractivity contribution in [3.63, 3.8) is 0 Å². The molecule has 0 aliphatic carbocycles. The number of hydrogen-bond acceptors (Lipinski definition) is 8. The Labute approximate surface area is 204 Å². The van der Waals surface area contributed by atoms with E-state index in [1.165, 1.54) is 20.4 Å². The number of likely N-dealkylation sites (tertiary alicyclic amines) is 1.